The molecule has 0 radical (unpaired) electrons. The third kappa shape index (κ3) is 2.83. The number of benzene rings is 1. The van der Waals surface area contributed by atoms with E-state index >= 15 is 0 Å². The van der Waals surface area contributed by atoms with Crippen LogP contribution in [0, 0.1) is 6.92 Å². The van der Waals surface area contributed by atoms with Crippen LogP contribution in [0.5, 0.6) is 5.75 Å². The van der Waals surface area contributed by atoms with Crippen molar-refractivity contribution in [1.29, 1.82) is 0 Å². The molecule has 4 aromatic rings. The zero-order valence-electron chi connectivity index (χ0n) is 13.8. The number of rotatable bonds is 4. The fraction of sp³-hybridized carbons (Fsp3) is 0.250. The number of nitrogens with zero attached hydrogens (tertiary/aromatic N) is 6. The van der Waals surface area contributed by atoms with Crippen molar-refractivity contribution in [2.24, 2.45) is 0 Å². The van der Waals surface area contributed by atoms with Crippen molar-refractivity contribution in [3.05, 3.63) is 45.6 Å². The molecule has 3 aromatic heterocycles. The van der Waals surface area contributed by atoms with Crippen molar-refractivity contribution in [2.75, 3.05) is 7.11 Å². The normalized spacial score (nSPS) is 12.6. The number of halogens is 1. The van der Waals surface area contributed by atoms with Gasteiger partial charge in [-0.3, -0.25) is 4.68 Å². The molecule has 1 aromatic carbocycles. The molecule has 3 heterocycles. The van der Waals surface area contributed by atoms with Gasteiger partial charge in [-0.05, 0) is 54.0 Å². The number of aryl methyl sites for hydroxylation is 1. The summed E-state index contributed by atoms with van der Waals surface area (Å²) >= 11 is 5.02. The molecule has 0 bridgehead atoms. The summed E-state index contributed by atoms with van der Waals surface area (Å²) in [7, 11) is 1.65. The molecule has 4 rings (SSSR count). The SMILES string of the molecule is COc1ccc(-c2nnc3sc(C(C)n4cc(Br)c(C)n4)nn23)cc1. The van der Waals surface area contributed by atoms with Gasteiger partial charge in [0.2, 0.25) is 4.96 Å². The van der Waals surface area contributed by atoms with Gasteiger partial charge in [0.15, 0.2) is 5.82 Å². The van der Waals surface area contributed by atoms with Crippen molar-refractivity contribution < 1.29 is 4.74 Å². The Morgan fingerprint density at radius 3 is 2.56 bits per heavy atom. The summed E-state index contributed by atoms with van der Waals surface area (Å²) in [5.41, 5.74) is 1.89. The minimum Gasteiger partial charge on any atom is -0.497 e. The number of hydrogen-bond donors (Lipinski definition) is 0. The Bertz CT molecular complexity index is 1020. The lowest BCUT2D eigenvalue weighted by Gasteiger charge is -2.07. The van der Waals surface area contributed by atoms with Gasteiger partial charge in [-0.25, -0.2) is 0 Å². The van der Waals surface area contributed by atoms with Crippen molar-refractivity contribution in [2.45, 2.75) is 19.9 Å². The Morgan fingerprint density at radius 2 is 1.92 bits per heavy atom. The van der Waals surface area contributed by atoms with E-state index in [1.54, 1.807) is 11.6 Å². The van der Waals surface area contributed by atoms with Gasteiger partial charge < -0.3 is 4.74 Å². The van der Waals surface area contributed by atoms with Crippen LogP contribution >= 0.6 is 27.3 Å². The van der Waals surface area contributed by atoms with Crippen LogP contribution in [0.25, 0.3) is 16.3 Å². The Morgan fingerprint density at radius 1 is 1.16 bits per heavy atom. The van der Waals surface area contributed by atoms with Gasteiger partial charge in [0.25, 0.3) is 0 Å². The van der Waals surface area contributed by atoms with E-state index in [-0.39, 0.29) is 6.04 Å². The molecule has 0 saturated heterocycles. The first kappa shape index (κ1) is 16.2. The van der Waals surface area contributed by atoms with Crippen LogP contribution < -0.4 is 4.74 Å². The molecular formula is C16H15BrN6OS. The Balaban J connectivity index is 1.72. The van der Waals surface area contributed by atoms with Crippen molar-refractivity contribution in [1.82, 2.24) is 29.6 Å². The van der Waals surface area contributed by atoms with Gasteiger partial charge in [0.05, 0.1) is 17.3 Å². The van der Waals surface area contributed by atoms with Gasteiger partial charge >= 0.3 is 0 Å². The average molecular weight is 419 g/mol. The lowest BCUT2D eigenvalue weighted by atomic mass is 10.2. The highest BCUT2D eigenvalue weighted by Gasteiger charge is 2.19. The molecule has 0 aliphatic rings. The standard InChI is InChI=1S/C16H15BrN6OS/c1-9-13(17)8-22(20-9)10(2)15-21-23-14(18-19-16(23)25-15)11-4-6-12(24-3)7-5-11/h4-8,10H,1-3H3. The highest BCUT2D eigenvalue weighted by molar-refractivity contribution is 9.10. The van der Waals surface area contributed by atoms with Crippen LogP contribution in [0.3, 0.4) is 0 Å². The number of ether oxygens (including phenoxy) is 1. The first-order valence-electron chi connectivity index (χ1n) is 7.64. The maximum Gasteiger partial charge on any atom is 0.235 e. The molecule has 0 spiro atoms. The van der Waals surface area contributed by atoms with Crippen molar-refractivity contribution in [3.8, 4) is 17.1 Å². The average Bonchev–Trinajstić information content (AvgIpc) is 3.29. The molecule has 0 amide bonds. The summed E-state index contributed by atoms with van der Waals surface area (Å²) in [4.78, 5) is 0.760. The maximum atomic E-state index is 5.20. The van der Waals surface area contributed by atoms with E-state index < -0.39 is 0 Å². The van der Waals surface area contributed by atoms with E-state index in [2.05, 4.69) is 38.1 Å². The highest BCUT2D eigenvalue weighted by Crippen LogP contribution is 2.28. The summed E-state index contributed by atoms with van der Waals surface area (Å²) in [6.07, 6.45) is 1.97. The van der Waals surface area contributed by atoms with Crippen LogP contribution in [0.15, 0.2) is 34.9 Å². The van der Waals surface area contributed by atoms with E-state index in [1.807, 2.05) is 42.1 Å². The Kier molecular flexibility index (Phi) is 4.04. The molecule has 0 aliphatic carbocycles. The lowest BCUT2D eigenvalue weighted by molar-refractivity contribution is 0.415. The summed E-state index contributed by atoms with van der Waals surface area (Å²) in [5.74, 6) is 1.52. The van der Waals surface area contributed by atoms with Crippen LogP contribution in [-0.4, -0.2) is 36.7 Å². The van der Waals surface area contributed by atoms with Gasteiger partial charge in [-0.15, -0.1) is 10.2 Å². The minimum atomic E-state index is 0.0143. The first-order valence-corrected chi connectivity index (χ1v) is 9.25. The predicted octanol–water partition coefficient (Wildman–Crippen LogP) is 3.74. The number of methoxy groups -OCH3 is 1. The second kappa shape index (κ2) is 6.23. The lowest BCUT2D eigenvalue weighted by Crippen LogP contribution is -2.08. The monoisotopic (exact) mass is 418 g/mol. The third-order valence-corrected chi connectivity index (χ3v) is 5.81. The first-order chi connectivity index (χ1) is 12.1. The molecule has 9 heteroatoms. The van der Waals surface area contributed by atoms with Crippen molar-refractivity contribution in [3.63, 3.8) is 0 Å². The second-order valence-electron chi connectivity index (χ2n) is 5.61. The van der Waals surface area contributed by atoms with E-state index in [0.717, 1.165) is 31.4 Å². The summed E-state index contributed by atoms with van der Waals surface area (Å²) in [6.45, 7) is 4.03. The van der Waals surface area contributed by atoms with Gasteiger partial charge in [0.1, 0.15) is 16.8 Å². The minimum absolute atomic E-state index is 0.0143. The molecule has 0 aliphatic heterocycles. The van der Waals surface area contributed by atoms with E-state index in [0.29, 0.717) is 5.82 Å². The topological polar surface area (TPSA) is 70.1 Å². The van der Waals surface area contributed by atoms with Gasteiger partial charge in [0, 0.05) is 11.8 Å². The van der Waals surface area contributed by atoms with E-state index in [4.69, 9.17) is 9.84 Å². The third-order valence-electron chi connectivity index (χ3n) is 3.97. The van der Waals surface area contributed by atoms with Gasteiger partial charge in [-0.2, -0.15) is 14.7 Å². The molecule has 0 saturated carbocycles. The summed E-state index contributed by atoms with van der Waals surface area (Å²) in [6, 6.07) is 7.71. The molecule has 0 fully saturated rings. The molecule has 128 valence electrons. The molecule has 1 unspecified atom stereocenters. The molecule has 7 nitrogen and oxygen atoms in total. The fourth-order valence-corrected chi connectivity index (χ4v) is 3.66. The maximum absolute atomic E-state index is 5.20. The molecule has 0 N–H and O–H groups in total. The molecule has 25 heavy (non-hydrogen) atoms. The molecule has 1 atom stereocenters. The van der Waals surface area contributed by atoms with Gasteiger partial charge in [-0.1, -0.05) is 11.3 Å². The predicted molar refractivity (Wildman–Crippen MR) is 99.1 cm³/mol. The second-order valence-corrected chi connectivity index (χ2v) is 7.45. The van der Waals surface area contributed by atoms with Crippen LogP contribution in [0.1, 0.15) is 23.7 Å². The van der Waals surface area contributed by atoms with Crippen LogP contribution in [0.4, 0.5) is 0 Å². The number of hydrogen-bond acceptors (Lipinski definition) is 6. The fourth-order valence-electron chi connectivity index (χ4n) is 2.49. The van der Waals surface area contributed by atoms with E-state index in [9.17, 15) is 0 Å². The number of fused-ring (bicyclic) bond motifs is 1. The van der Waals surface area contributed by atoms with Crippen molar-refractivity contribution >= 4 is 32.2 Å². The summed E-state index contributed by atoms with van der Waals surface area (Å²) in [5, 5.41) is 18.7. The zero-order valence-corrected chi connectivity index (χ0v) is 16.2. The van der Waals surface area contributed by atoms with Crippen LogP contribution in [-0.2, 0) is 0 Å². The summed E-state index contributed by atoms with van der Waals surface area (Å²) < 4.78 is 9.87. The number of aromatic nitrogens is 6. The Hall–Kier alpha value is -2.26. The largest absolute Gasteiger partial charge is 0.497 e. The highest BCUT2D eigenvalue weighted by atomic mass is 79.9. The smallest absolute Gasteiger partial charge is 0.235 e. The quantitative estimate of drug-likeness (QED) is 0.504. The molecular weight excluding hydrogens is 404 g/mol. The Labute approximate surface area is 156 Å². The zero-order chi connectivity index (χ0) is 17.6. The van der Waals surface area contributed by atoms with Crippen LogP contribution in [0.2, 0.25) is 0 Å². The van der Waals surface area contributed by atoms with E-state index in [1.165, 1.54) is 11.3 Å².